The second kappa shape index (κ2) is 7.19. The molecule has 2 aromatic rings. The predicted octanol–water partition coefficient (Wildman–Crippen LogP) is 3.54. The molecule has 2 unspecified atom stereocenters. The number of nitriles is 1. The van der Waals surface area contributed by atoms with Crippen LogP contribution in [0.15, 0.2) is 42.6 Å². The van der Waals surface area contributed by atoms with E-state index in [9.17, 15) is 18.3 Å². The average molecular weight is 338 g/mol. The van der Waals surface area contributed by atoms with Gasteiger partial charge >= 0.3 is 6.18 Å². The molecule has 0 aliphatic rings. The Morgan fingerprint density at radius 1 is 1.12 bits per heavy atom. The number of ether oxygens (including phenoxy) is 2. The van der Waals surface area contributed by atoms with Crippen LogP contribution in [-0.2, 0) is 6.18 Å². The maximum Gasteiger partial charge on any atom is 0.417 e. The lowest BCUT2D eigenvalue weighted by Gasteiger charge is -2.15. The van der Waals surface area contributed by atoms with Crippen molar-refractivity contribution in [3.05, 3.63) is 48.2 Å². The highest BCUT2D eigenvalue weighted by molar-refractivity contribution is 5.34. The Morgan fingerprint density at radius 2 is 1.75 bits per heavy atom. The number of aliphatic hydroxyl groups excluding tert-OH is 1. The number of hydrogen-bond acceptors (Lipinski definition) is 5. The molecule has 2 rings (SSSR count). The van der Waals surface area contributed by atoms with Gasteiger partial charge in [0.05, 0.1) is 11.6 Å². The Hall–Kier alpha value is -2.79. The molecule has 5 nitrogen and oxygen atoms in total. The number of halogens is 3. The van der Waals surface area contributed by atoms with Crippen LogP contribution in [0.2, 0.25) is 0 Å². The third-order valence-electron chi connectivity index (χ3n) is 3.01. The summed E-state index contributed by atoms with van der Waals surface area (Å²) >= 11 is 0. The van der Waals surface area contributed by atoms with Crippen molar-refractivity contribution in [2.45, 2.75) is 25.3 Å². The molecule has 0 saturated heterocycles. The van der Waals surface area contributed by atoms with Gasteiger partial charge in [-0.25, -0.2) is 4.98 Å². The predicted molar refractivity (Wildman–Crippen MR) is 77.5 cm³/mol. The Kier molecular flexibility index (Phi) is 5.26. The SMILES string of the molecule is CC(Oc1ccc(Oc2ccc(C(F)(F)F)cn2)cc1)C(O)C#N. The summed E-state index contributed by atoms with van der Waals surface area (Å²) in [5.74, 6) is 0.776. The van der Waals surface area contributed by atoms with Crippen LogP contribution in [0.5, 0.6) is 17.4 Å². The number of pyridine rings is 1. The zero-order chi connectivity index (χ0) is 17.7. The number of hydrogen-bond donors (Lipinski definition) is 1. The van der Waals surface area contributed by atoms with Crippen molar-refractivity contribution in [1.82, 2.24) is 4.98 Å². The van der Waals surface area contributed by atoms with E-state index in [2.05, 4.69) is 4.98 Å². The molecule has 0 aliphatic heterocycles. The highest BCUT2D eigenvalue weighted by atomic mass is 19.4. The zero-order valence-electron chi connectivity index (χ0n) is 12.5. The summed E-state index contributed by atoms with van der Waals surface area (Å²) in [6.45, 7) is 1.55. The van der Waals surface area contributed by atoms with Crippen LogP contribution in [0, 0.1) is 11.3 Å². The van der Waals surface area contributed by atoms with Gasteiger partial charge in [0.1, 0.15) is 17.6 Å². The second-order valence-electron chi connectivity index (χ2n) is 4.85. The molecule has 1 N–H and O–H groups in total. The topological polar surface area (TPSA) is 75.4 Å². The standard InChI is InChI=1S/C16H13F3N2O3/c1-10(14(22)8-20)23-12-3-5-13(6-4-12)24-15-7-2-11(9-21-15)16(17,18)19/h2-7,9-10,14,22H,1H3. The fraction of sp³-hybridized carbons (Fsp3) is 0.250. The minimum Gasteiger partial charge on any atom is -0.487 e. The lowest BCUT2D eigenvalue weighted by Crippen LogP contribution is -2.26. The molecule has 0 amide bonds. The maximum absolute atomic E-state index is 12.4. The van der Waals surface area contributed by atoms with Crippen molar-refractivity contribution in [2.75, 3.05) is 0 Å². The minimum absolute atomic E-state index is 0.0185. The van der Waals surface area contributed by atoms with Gasteiger partial charge in [-0.1, -0.05) is 0 Å². The molecular formula is C16H13F3N2O3. The van der Waals surface area contributed by atoms with E-state index in [0.29, 0.717) is 17.7 Å². The first-order chi connectivity index (χ1) is 11.3. The summed E-state index contributed by atoms with van der Waals surface area (Å²) in [6, 6.07) is 9.80. The van der Waals surface area contributed by atoms with Crippen molar-refractivity contribution in [2.24, 2.45) is 0 Å². The molecule has 24 heavy (non-hydrogen) atoms. The van der Waals surface area contributed by atoms with Crippen LogP contribution < -0.4 is 9.47 Å². The molecule has 0 bridgehead atoms. The molecule has 0 aliphatic carbocycles. The monoisotopic (exact) mass is 338 g/mol. The fourth-order valence-electron chi connectivity index (χ4n) is 1.70. The Bertz CT molecular complexity index is 709. The number of aliphatic hydroxyl groups is 1. The quantitative estimate of drug-likeness (QED) is 0.844. The molecule has 1 aromatic carbocycles. The van der Waals surface area contributed by atoms with Crippen molar-refractivity contribution >= 4 is 0 Å². The molecule has 1 aromatic heterocycles. The lowest BCUT2D eigenvalue weighted by molar-refractivity contribution is -0.137. The van der Waals surface area contributed by atoms with E-state index in [-0.39, 0.29) is 5.88 Å². The molecule has 2 atom stereocenters. The molecule has 1 heterocycles. The number of nitrogens with zero attached hydrogens (tertiary/aromatic N) is 2. The second-order valence-corrected chi connectivity index (χ2v) is 4.85. The Morgan fingerprint density at radius 3 is 2.25 bits per heavy atom. The van der Waals surface area contributed by atoms with E-state index in [1.165, 1.54) is 12.1 Å². The lowest BCUT2D eigenvalue weighted by atomic mass is 10.2. The van der Waals surface area contributed by atoms with Gasteiger partial charge in [-0.2, -0.15) is 18.4 Å². The van der Waals surface area contributed by atoms with Crippen molar-refractivity contribution < 1.29 is 27.8 Å². The maximum atomic E-state index is 12.4. The number of aromatic nitrogens is 1. The van der Waals surface area contributed by atoms with Gasteiger partial charge in [0.2, 0.25) is 5.88 Å². The Labute approximate surface area is 135 Å². The summed E-state index contributed by atoms with van der Waals surface area (Å²) in [5, 5.41) is 17.9. The largest absolute Gasteiger partial charge is 0.487 e. The first-order valence-corrected chi connectivity index (χ1v) is 6.85. The first kappa shape index (κ1) is 17.6. The van der Waals surface area contributed by atoms with Crippen LogP contribution >= 0.6 is 0 Å². The summed E-state index contributed by atoms with van der Waals surface area (Å²) < 4.78 is 48.0. The number of rotatable bonds is 5. The van der Waals surface area contributed by atoms with Crippen LogP contribution in [0.4, 0.5) is 13.2 Å². The van der Waals surface area contributed by atoms with E-state index >= 15 is 0 Å². The highest BCUT2D eigenvalue weighted by Gasteiger charge is 2.30. The van der Waals surface area contributed by atoms with Gasteiger partial charge in [0, 0.05) is 12.3 Å². The molecule has 0 saturated carbocycles. The van der Waals surface area contributed by atoms with Gasteiger partial charge in [0.15, 0.2) is 6.10 Å². The molecular weight excluding hydrogens is 325 g/mol. The molecule has 0 spiro atoms. The zero-order valence-corrected chi connectivity index (χ0v) is 12.5. The average Bonchev–Trinajstić information content (AvgIpc) is 2.55. The van der Waals surface area contributed by atoms with Crippen molar-refractivity contribution in [3.63, 3.8) is 0 Å². The van der Waals surface area contributed by atoms with Gasteiger partial charge < -0.3 is 14.6 Å². The third-order valence-corrected chi connectivity index (χ3v) is 3.01. The van der Waals surface area contributed by atoms with E-state index in [0.717, 1.165) is 12.1 Å². The van der Waals surface area contributed by atoms with Crippen molar-refractivity contribution in [3.8, 4) is 23.4 Å². The molecule has 0 radical (unpaired) electrons. The highest BCUT2D eigenvalue weighted by Crippen LogP contribution is 2.30. The van der Waals surface area contributed by atoms with E-state index in [1.807, 2.05) is 0 Å². The molecule has 0 fully saturated rings. The van der Waals surface area contributed by atoms with Gasteiger partial charge in [-0.05, 0) is 37.3 Å². The smallest absolute Gasteiger partial charge is 0.417 e. The Balaban J connectivity index is 2.00. The number of alkyl halides is 3. The fourth-order valence-corrected chi connectivity index (χ4v) is 1.70. The van der Waals surface area contributed by atoms with Gasteiger partial charge in [0.25, 0.3) is 0 Å². The molecule has 126 valence electrons. The first-order valence-electron chi connectivity index (χ1n) is 6.85. The summed E-state index contributed by atoms with van der Waals surface area (Å²) in [6.07, 6.45) is -5.72. The van der Waals surface area contributed by atoms with Crippen LogP contribution in [-0.4, -0.2) is 22.3 Å². The normalized spacial score (nSPS) is 13.7. The van der Waals surface area contributed by atoms with Crippen molar-refractivity contribution in [1.29, 1.82) is 5.26 Å². The van der Waals surface area contributed by atoms with E-state index < -0.39 is 23.9 Å². The number of benzene rings is 1. The third kappa shape index (κ3) is 4.60. The van der Waals surface area contributed by atoms with Crippen LogP contribution in [0.3, 0.4) is 0 Å². The summed E-state index contributed by atoms with van der Waals surface area (Å²) in [5.41, 5.74) is -0.858. The summed E-state index contributed by atoms with van der Waals surface area (Å²) in [4.78, 5) is 3.60. The molecule has 8 heteroatoms. The van der Waals surface area contributed by atoms with Gasteiger partial charge in [-0.3, -0.25) is 0 Å². The van der Waals surface area contributed by atoms with Crippen LogP contribution in [0.1, 0.15) is 12.5 Å². The van der Waals surface area contributed by atoms with E-state index in [4.69, 9.17) is 14.7 Å². The summed E-state index contributed by atoms with van der Waals surface area (Å²) in [7, 11) is 0. The minimum atomic E-state index is -4.45. The van der Waals surface area contributed by atoms with E-state index in [1.54, 1.807) is 25.1 Å². The van der Waals surface area contributed by atoms with Crippen LogP contribution in [0.25, 0.3) is 0 Å². The van der Waals surface area contributed by atoms with Gasteiger partial charge in [-0.15, -0.1) is 0 Å².